The predicted molar refractivity (Wildman–Crippen MR) is 111 cm³/mol. The highest BCUT2D eigenvalue weighted by molar-refractivity contribution is 7.99. The second-order valence-corrected chi connectivity index (χ2v) is 7.62. The van der Waals surface area contributed by atoms with E-state index >= 15 is 0 Å². The first-order valence-corrected chi connectivity index (χ1v) is 9.94. The Balaban J connectivity index is 2.08. The number of ether oxygens (including phenoxy) is 1. The largest absolute Gasteiger partial charge is 0.464 e. The minimum Gasteiger partial charge on any atom is -0.464 e. The number of carbonyl (C=O) groups is 1. The van der Waals surface area contributed by atoms with Gasteiger partial charge in [-0.25, -0.2) is 9.78 Å². The number of nitrogens with zero attached hydrogens (tertiary/aromatic N) is 1. The van der Waals surface area contributed by atoms with Gasteiger partial charge in [-0.2, -0.15) is 0 Å². The van der Waals surface area contributed by atoms with Crippen molar-refractivity contribution in [3.8, 4) is 0 Å². The van der Waals surface area contributed by atoms with Gasteiger partial charge in [0.15, 0.2) is 16.2 Å². The number of esters is 1. The summed E-state index contributed by atoms with van der Waals surface area (Å²) < 4.78 is 10.9. The van der Waals surface area contributed by atoms with Crippen molar-refractivity contribution in [2.75, 3.05) is 18.2 Å². The van der Waals surface area contributed by atoms with Crippen LogP contribution in [-0.4, -0.2) is 23.8 Å². The van der Waals surface area contributed by atoms with E-state index in [0.717, 1.165) is 16.9 Å². The van der Waals surface area contributed by atoms with Gasteiger partial charge in [0, 0.05) is 17.8 Å². The summed E-state index contributed by atoms with van der Waals surface area (Å²) in [4.78, 5) is 28.7. The summed E-state index contributed by atoms with van der Waals surface area (Å²) in [5.41, 5.74) is 3.04. The molecule has 0 fully saturated rings. The van der Waals surface area contributed by atoms with E-state index in [1.54, 1.807) is 12.1 Å². The zero-order chi connectivity index (χ0) is 20.3. The van der Waals surface area contributed by atoms with Crippen molar-refractivity contribution in [2.45, 2.75) is 31.9 Å². The van der Waals surface area contributed by atoms with Crippen LogP contribution in [0.5, 0.6) is 0 Å². The Kier molecular flexibility index (Phi) is 6.04. The van der Waals surface area contributed by atoms with Gasteiger partial charge in [-0.3, -0.25) is 4.79 Å². The molecule has 0 aliphatic carbocycles. The smallest absolute Gasteiger partial charge is 0.358 e. The SMILES string of the molecule is CCSc1cc(=O)c2cc(C)cc(C(C)Nc3cccnc3C(=O)OC)c2o1. The number of fused-ring (bicyclic) bond motifs is 1. The summed E-state index contributed by atoms with van der Waals surface area (Å²) in [6.07, 6.45) is 1.54. The molecule has 0 saturated carbocycles. The molecule has 1 aromatic carbocycles. The zero-order valence-electron chi connectivity index (χ0n) is 16.2. The Bertz CT molecular complexity index is 1080. The van der Waals surface area contributed by atoms with E-state index < -0.39 is 5.97 Å². The highest BCUT2D eigenvalue weighted by atomic mass is 32.2. The molecule has 3 rings (SSSR count). The van der Waals surface area contributed by atoms with E-state index in [2.05, 4.69) is 10.3 Å². The van der Waals surface area contributed by atoms with Gasteiger partial charge in [-0.1, -0.05) is 24.8 Å². The summed E-state index contributed by atoms with van der Waals surface area (Å²) in [5.74, 6) is 0.291. The first kappa shape index (κ1) is 19.9. The number of hydrogen-bond donors (Lipinski definition) is 1. The van der Waals surface area contributed by atoms with Crippen LogP contribution in [0.1, 0.15) is 41.5 Å². The number of benzene rings is 1. The molecule has 7 heteroatoms. The fourth-order valence-corrected chi connectivity index (χ4v) is 3.66. The van der Waals surface area contributed by atoms with Crippen LogP contribution in [0.3, 0.4) is 0 Å². The van der Waals surface area contributed by atoms with Gasteiger partial charge in [-0.15, -0.1) is 0 Å². The number of thioether (sulfide) groups is 1. The standard InChI is InChI=1S/C21H22N2O4S/c1-5-28-18-11-17(24)15-10-12(2)9-14(20(15)27-18)13(3)23-16-7-6-8-22-19(16)21(25)26-4/h6-11,13,23H,5H2,1-4H3. The van der Waals surface area contributed by atoms with E-state index in [-0.39, 0.29) is 17.2 Å². The minimum atomic E-state index is -0.516. The van der Waals surface area contributed by atoms with Crippen LogP contribution >= 0.6 is 11.8 Å². The maximum absolute atomic E-state index is 12.6. The zero-order valence-corrected chi connectivity index (χ0v) is 17.1. The van der Waals surface area contributed by atoms with Crippen LogP contribution < -0.4 is 10.7 Å². The number of nitrogens with one attached hydrogen (secondary N) is 1. The highest BCUT2D eigenvalue weighted by Crippen LogP contribution is 2.30. The van der Waals surface area contributed by atoms with Gasteiger partial charge in [-0.05, 0) is 43.4 Å². The molecule has 28 heavy (non-hydrogen) atoms. The molecule has 0 bridgehead atoms. The van der Waals surface area contributed by atoms with Crippen LogP contribution in [-0.2, 0) is 4.74 Å². The quantitative estimate of drug-likeness (QED) is 0.481. The van der Waals surface area contributed by atoms with Gasteiger partial charge >= 0.3 is 5.97 Å². The van der Waals surface area contributed by atoms with E-state index in [4.69, 9.17) is 9.15 Å². The summed E-state index contributed by atoms with van der Waals surface area (Å²) in [5, 5.41) is 4.44. The normalized spacial score (nSPS) is 12.0. The van der Waals surface area contributed by atoms with E-state index in [0.29, 0.717) is 21.7 Å². The fourth-order valence-electron chi connectivity index (χ4n) is 3.04. The van der Waals surface area contributed by atoms with E-state index in [1.165, 1.54) is 31.1 Å². The Labute approximate surface area is 167 Å². The third-order valence-corrected chi connectivity index (χ3v) is 5.07. The molecule has 0 aliphatic rings. The lowest BCUT2D eigenvalue weighted by atomic mass is 10.0. The second-order valence-electron chi connectivity index (χ2n) is 6.35. The Morgan fingerprint density at radius 2 is 2.14 bits per heavy atom. The third kappa shape index (κ3) is 4.04. The molecule has 2 heterocycles. The predicted octanol–water partition coefficient (Wildman–Crippen LogP) is 4.57. The highest BCUT2D eigenvalue weighted by Gasteiger charge is 2.19. The van der Waals surface area contributed by atoms with Gasteiger partial charge in [0.05, 0.1) is 24.2 Å². The maximum Gasteiger partial charge on any atom is 0.358 e. The summed E-state index contributed by atoms with van der Waals surface area (Å²) in [7, 11) is 1.32. The molecular weight excluding hydrogens is 376 g/mol. The van der Waals surface area contributed by atoms with Crippen LogP contribution in [0.25, 0.3) is 11.0 Å². The van der Waals surface area contributed by atoms with Crippen LogP contribution in [0.2, 0.25) is 0 Å². The van der Waals surface area contributed by atoms with Crippen LogP contribution in [0, 0.1) is 6.92 Å². The molecule has 0 aliphatic heterocycles. The molecule has 1 unspecified atom stereocenters. The number of hydrogen-bond acceptors (Lipinski definition) is 7. The summed E-state index contributed by atoms with van der Waals surface area (Å²) >= 11 is 1.48. The average Bonchev–Trinajstić information content (AvgIpc) is 2.68. The third-order valence-electron chi connectivity index (χ3n) is 4.29. The fraction of sp³-hybridized carbons (Fsp3) is 0.286. The van der Waals surface area contributed by atoms with E-state index in [1.807, 2.05) is 32.9 Å². The van der Waals surface area contributed by atoms with Crippen LogP contribution in [0.4, 0.5) is 5.69 Å². The van der Waals surface area contributed by atoms with Gasteiger partial charge in [0.1, 0.15) is 5.58 Å². The van der Waals surface area contributed by atoms with Gasteiger partial charge in [0.2, 0.25) is 0 Å². The van der Waals surface area contributed by atoms with Crippen molar-refractivity contribution in [3.05, 3.63) is 63.6 Å². The molecule has 0 radical (unpaired) electrons. The number of aromatic nitrogens is 1. The van der Waals surface area contributed by atoms with Crippen molar-refractivity contribution in [3.63, 3.8) is 0 Å². The summed E-state index contributed by atoms with van der Waals surface area (Å²) in [6.45, 7) is 5.89. The second kappa shape index (κ2) is 8.48. The number of carbonyl (C=O) groups excluding carboxylic acids is 1. The topological polar surface area (TPSA) is 81.4 Å². The number of anilines is 1. The monoisotopic (exact) mass is 398 g/mol. The average molecular weight is 398 g/mol. The van der Waals surface area contributed by atoms with Gasteiger partial charge < -0.3 is 14.5 Å². The van der Waals surface area contributed by atoms with Gasteiger partial charge in [0.25, 0.3) is 0 Å². The lowest BCUT2D eigenvalue weighted by molar-refractivity contribution is 0.0595. The lowest BCUT2D eigenvalue weighted by Crippen LogP contribution is -2.14. The maximum atomic E-state index is 12.6. The van der Waals surface area contributed by atoms with Crippen molar-refractivity contribution in [1.82, 2.24) is 4.98 Å². The first-order chi connectivity index (χ1) is 13.4. The molecule has 1 N–H and O–H groups in total. The summed E-state index contributed by atoms with van der Waals surface area (Å²) in [6, 6.07) is 8.63. The molecule has 2 aromatic heterocycles. The number of pyridine rings is 1. The van der Waals surface area contributed by atoms with Crippen LogP contribution in [0.15, 0.2) is 50.8 Å². The molecule has 0 amide bonds. The Morgan fingerprint density at radius 3 is 2.86 bits per heavy atom. The number of aryl methyl sites for hydroxylation is 1. The van der Waals surface area contributed by atoms with Crippen molar-refractivity contribution < 1.29 is 13.9 Å². The Morgan fingerprint density at radius 1 is 1.36 bits per heavy atom. The Hall–Kier alpha value is -2.80. The number of methoxy groups -OCH3 is 1. The molecular formula is C21H22N2O4S. The van der Waals surface area contributed by atoms with Crippen molar-refractivity contribution in [2.24, 2.45) is 0 Å². The molecule has 0 saturated heterocycles. The molecule has 6 nitrogen and oxygen atoms in total. The van der Waals surface area contributed by atoms with Crippen molar-refractivity contribution >= 4 is 34.4 Å². The van der Waals surface area contributed by atoms with E-state index in [9.17, 15) is 9.59 Å². The molecule has 3 aromatic rings. The minimum absolute atomic E-state index is 0.0639. The molecule has 146 valence electrons. The van der Waals surface area contributed by atoms with Crippen molar-refractivity contribution in [1.29, 1.82) is 0 Å². The first-order valence-electron chi connectivity index (χ1n) is 8.95. The lowest BCUT2D eigenvalue weighted by Gasteiger charge is -2.19. The molecule has 0 spiro atoms. The molecule has 1 atom stereocenters. The number of rotatable bonds is 6.